The lowest BCUT2D eigenvalue weighted by Crippen LogP contribution is -2.36. The van der Waals surface area contributed by atoms with Crippen LogP contribution in [-0.2, 0) is 11.2 Å². The molecule has 0 bridgehead atoms. The molecule has 0 aliphatic heterocycles. The molecule has 0 spiro atoms. The molecule has 0 aliphatic rings. The van der Waals surface area contributed by atoms with Gasteiger partial charge >= 0.3 is 0 Å². The number of hydrogen-bond donors (Lipinski definition) is 2. The van der Waals surface area contributed by atoms with Crippen LogP contribution in [0.15, 0.2) is 53.1 Å². The normalized spacial score (nSPS) is 11.9. The van der Waals surface area contributed by atoms with Crippen LogP contribution in [0.4, 0.5) is 5.82 Å². The van der Waals surface area contributed by atoms with Gasteiger partial charge in [-0.3, -0.25) is 4.79 Å². The second-order valence-electron chi connectivity index (χ2n) is 4.45. The minimum absolute atomic E-state index is 0.222. The van der Waals surface area contributed by atoms with Gasteiger partial charge in [-0.15, -0.1) is 0 Å². The minimum atomic E-state index is -0.552. The van der Waals surface area contributed by atoms with Gasteiger partial charge in [0.1, 0.15) is 5.82 Å². The molecule has 1 aromatic carbocycles. The van der Waals surface area contributed by atoms with E-state index in [2.05, 4.69) is 26.2 Å². The standard InChI is InChI=1S/C15H16BrN3O/c16-12-7-4-10-18-14(12)19-15(20)13(17)9-8-11-5-2-1-3-6-11/h1-7,10,13H,8-9,17H2,(H,18,19,20). The van der Waals surface area contributed by atoms with Gasteiger partial charge in [-0.25, -0.2) is 4.98 Å². The highest BCUT2D eigenvalue weighted by atomic mass is 79.9. The molecule has 5 heteroatoms. The summed E-state index contributed by atoms with van der Waals surface area (Å²) >= 11 is 3.33. The number of nitrogens with one attached hydrogen (secondary N) is 1. The van der Waals surface area contributed by atoms with E-state index in [4.69, 9.17) is 5.73 Å². The van der Waals surface area contributed by atoms with Crippen molar-refractivity contribution in [2.45, 2.75) is 18.9 Å². The number of nitrogens with zero attached hydrogens (tertiary/aromatic N) is 1. The van der Waals surface area contributed by atoms with E-state index in [9.17, 15) is 4.79 Å². The van der Waals surface area contributed by atoms with Crippen molar-refractivity contribution in [3.8, 4) is 0 Å². The number of rotatable bonds is 5. The average Bonchev–Trinajstić information content (AvgIpc) is 2.48. The number of amides is 1. The number of anilines is 1. The molecule has 0 saturated heterocycles. The number of carbonyl (C=O) groups excluding carboxylic acids is 1. The number of benzene rings is 1. The van der Waals surface area contributed by atoms with Crippen LogP contribution >= 0.6 is 15.9 Å². The molecule has 0 fully saturated rings. The van der Waals surface area contributed by atoms with E-state index >= 15 is 0 Å². The van der Waals surface area contributed by atoms with E-state index in [1.165, 1.54) is 5.56 Å². The molecule has 20 heavy (non-hydrogen) atoms. The molecular formula is C15H16BrN3O. The predicted molar refractivity (Wildman–Crippen MR) is 83.3 cm³/mol. The summed E-state index contributed by atoms with van der Waals surface area (Å²) in [5.41, 5.74) is 7.08. The topological polar surface area (TPSA) is 68.0 Å². The fraction of sp³-hybridized carbons (Fsp3) is 0.200. The van der Waals surface area contributed by atoms with Gasteiger partial charge in [0, 0.05) is 6.20 Å². The molecular weight excluding hydrogens is 318 g/mol. The van der Waals surface area contributed by atoms with Crippen LogP contribution in [0.25, 0.3) is 0 Å². The third-order valence-corrected chi connectivity index (χ3v) is 3.56. The van der Waals surface area contributed by atoms with Crippen molar-refractivity contribution in [2.24, 2.45) is 5.73 Å². The average molecular weight is 334 g/mol. The Balaban J connectivity index is 1.88. The van der Waals surface area contributed by atoms with E-state index in [1.807, 2.05) is 36.4 Å². The summed E-state index contributed by atoms with van der Waals surface area (Å²) in [5.74, 6) is 0.271. The van der Waals surface area contributed by atoms with Crippen LogP contribution in [-0.4, -0.2) is 16.9 Å². The molecule has 0 aliphatic carbocycles. The maximum absolute atomic E-state index is 12.0. The van der Waals surface area contributed by atoms with Crippen molar-refractivity contribution in [1.82, 2.24) is 4.98 Å². The summed E-state index contributed by atoms with van der Waals surface area (Å²) in [6.07, 6.45) is 3.00. The quantitative estimate of drug-likeness (QED) is 0.883. The van der Waals surface area contributed by atoms with Gasteiger partial charge in [-0.2, -0.15) is 0 Å². The summed E-state index contributed by atoms with van der Waals surface area (Å²) in [6.45, 7) is 0. The van der Waals surface area contributed by atoms with Crippen molar-refractivity contribution in [2.75, 3.05) is 5.32 Å². The monoisotopic (exact) mass is 333 g/mol. The molecule has 3 N–H and O–H groups in total. The molecule has 1 unspecified atom stereocenters. The van der Waals surface area contributed by atoms with Crippen LogP contribution in [0.1, 0.15) is 12.0 Å². The summed E-state index contributed by atoms with van der Waals surface area (Å²) in [4.78, 5) is 16.1. The fourth-order valence-electron chi connectivity index (χ4n) is 1.79. The molecule has 1 atom stereocenters. The zero-order valence-electron chi connectivity index (χ0n) is 10.9. The molecule has 0 saturated carbocycles. The SMILES string of the molecule is NC(CCc1ccccc1)C(=O)Nc1ncccc1Br. The molecule has 1 heterocycles. The number of aromatic nitrogens is 1. The highest BCUT2D eigenvalue weighted by Crippen LogP contribution is 2.18. The second-order valence-corrected chi connectivity index (χ2v) is 5.31. The first-order chi connectivity index (χ1) is 9.66. The lowest BCUT2D eigenvalue weighted by atomic mass is 10.1. The highest BCUT2D eigenvalue weighted by molar-refractivity contribution is 9.10. The maximum Gasteiger partial charge on any atom is 0.242 e. The molecule has 2 aromatic rings. The van der Waals surface area contributed by atoms with Gasteiger partial charge < -0.3 is 11.1 Å². The Kier molecular flexibility index (Phi) is 5.26. The molecule has 104 valence electrons. The van der Waals surface area contributed by atoms with Gasteiger partial charge in [0.15, 0.2) is 0 Å². The molecule has 1 aromatic heterocycles. The van der Waals surface area contributed by atoms with Crippen molar-refractivity contribution in [3.63, 3.8) is 0 Å². The Morgan fingerprint density at radius 2 is 2.00 bits per heavy atom. The second kappa shape index (κ2) is 7.17. The Morgan fingerprint density at radius 3 is 2.70 bits per heavy atom. The predicted octanol–water partition coefficient (Wildman–Crippen LogP) is 2.74. The summed E-state index contributed by atoms with van der Waals surface area (Å²) in [7, 11) is 0. The largest absolute Gasteiger partial charge is 0.320 e. The first-order valence-electron chi connectivity index (χ1n) is 6.37. The third kappa shape index (κ3) is 4.15. The first kappa shape index (κ1) is 14.7. The van der Waals surface area contributed by atoms with Crippen LogP contribution in [0.5, 0.6) is 0 Å². The van der Waals surface area contributed by atoms with Gasteiger partial charge in [0.2, 0.25) is 5.91 Å². The summed E-state index contributed by atoms with van der Waals surface area (Å²) in [6, 6.07) is 13.0. The van der Waals surface area contributed by atoms with Crippen LogP contribution in [0, 0.1) is 0 Å². The number of aryl methyl sites for hydroxylation is 1. The number of halogens is 1. The summed E-state index contributed by atoms with van der Waals surface area (Å²) < 4.78 is 0.739. The fourth-order valence-corrected chi connectivity index (χ4v) is 2.14. The first-order valence-corrected chi connectivity index (χ1v) is 7.17. The minimum Gasteiger partial charge on any atom is -0.320 e. The smallest absolute Gasteiger partial charge is 0.242 e. The number of carbonyl (C=O) groups is 1. The molecule has 4 nitrogen and oxygen atoms in total. The van der Waals surface area contributed by atoms with Gasteiger partial charge in [-0.05, 0) is 46.5 Å². The van der Waals surface area contributed by atoms with Crippen LogP contribution in [0.2, 0.25) is 0 Å². The Hall–Kier alpha value is -1.72. The summed E-state index contributed by atoms with van der Waals surface area (Å²) in [5, 5.41) is 2.72. The number of nitrogens with two attached hydrogens (primary N) is 1. The number of hydrogen-bond acceptors (Lipinski definition) is 3. The van der Waals surface area contributed by atoms with Gasteiger partial charge in [-0.1, -0.05) is 30.3 Å². The van der Waals surface area contributed by atoms with E-state index < -0.39 is 6.04 Å². The Bertz CT molecular complexity index is 574. The van der Waals surface area contributed by atoms with Crippen molar-refractivity contribution in [3.05, 3.63) is 58.7 Å². The lowest BCUT2D eigenvalue weighted by Gasteiger charge is -2.12. The molecule has 1 amide bonds. The molecule has 2 rings (SSSR count). The van der Waals surface area contributed by atoms with E-state index in [0.29, 0.717) is 12.2 Å². The zero-order valence-corrected chi connectivity index (χ0v) is 12.5. The third-order valence-electron chi connectivity index (χ3n) is 2.92. The van der Waals surface area contributed by atoms with Gasteiger partial charge in [0.05, 0.1) is 10.5 Å². The lowest BCUT2D eigenvalue weighted by molar-refractivity contribution is -0.117. The number of pyridine rings is 1. The van der Waals surface area contributed by atoms with E-state index in [0.717, 1.165) is 10.9 Å². The van der Waals surface area contributed by atoms with E-state index in [-0.39, 0.29) is 5.91 Å². The highest BCUT2D eigenvalue weighted by Gasteiger charge is 2.15. The van der Waals surface area contributed by atoms with Crippen LogP contribution in [0.3, 0.4) is 0 Å². The van der Waals surface area contributed by atoms with Crippen molar-refractivity contribution >= 4 is 27.7 Å². The Morgan fingerprint density at radius 1 is 1.25 bits per heavy atom. The zero-order chi connectivity index (χ0) is 14.4. The van der Waals surface area contributed by atoms with Crippen LogP contribution < -0.4 is 11.1 Å². The van der Waals surface area contributed by atoms with Crippen molar-refractivity contribution < 1.29 is 4.79 Å². The maximum atomic E-state index is 12.0. The van der Waals surface area contributed by atoms with Crippen molar-refractivity contribution in [1.29, 1.82) is 0 Å². The Labute approximate surface area is 126 Å². The molecule has 0 radical (unpaired) electrons. The van der Waals surface area contributed by atoms with E-state index in [1.54, 1.807) is 12.3 Å². The van der Waals surface area contributed by atoms with Gasteiger partial charge in [0.25, 0.3) is 0 Å².